The van der Waals surface area contributed by atoms with Crippen LogP contribution in [0.4, 0.5) is 4.79 Å². The summed E-state index contributed by atoms with van der Waals surface area (Å²) in [4.78, 5) is 13.8. The molecule has 0 spiro atoms. The van der Waals surface area contributed by atoms with Crippen LogP contribution in [0, 0.1) is 0 Å². The van der Waals surface area contributed by atoms with Gasteiger partial charge in [-0.2, -0.15) is 0 Å². The van der Waals surface area contributed by atoms with E-state index in [4.69, 9.17) is 9.47 Å². The number of hydrogen-bond donors (Lipinski definition) is 1. The number of nitrogens with one attached hydrogen (secondary N) is 1. The molecule has 1 aliphatic rings. The molecule has 1 atom stereocenters. The molecule has 0 saturated carbocycles. The van der Waals surface area contributed by atoms with Crippen LogP contribution in [0.1, 0.15) is 40.0 Å². The molecule has 5 heteroatoms. The highest BCUT2D eigenvalue weighted by Crippen LogP contribution is 2.15. The average Bonchev–Trinajstić information content (AvgIpc) is 2.33. The van der Waals surface area contributed by atoms with Crippen LogP contribution < -0.4 is 5.32 Å². The first-order chi connectivity index (χ1) is 8.92. The Labute approximate surface area is 116 Å². The SMILES string of the molecule is COCCCN[C@@H]1CCCN(C(=O)OC(C)(C)C)C1. The first-order valence-electron chi connectivity index (χ1n) is 7.12. The van der Waals surface area contributed by atoms with Gasteiger partial charge in [0.2, 0.25) is 0 Å². The van der Waals surface area contributed by atoms with Gasteiger partial charge < -0.3 is 19.7 Å². The lowest BCUT2D eigenvalue weighted by atomic mass is 10.1. The van der Waals surface area contributed by atoms with Crippen LogP contribution in [-0.2, 0) is 9.47 Å². The Kier molecular flexibility index (Phi) is 6.58. The van der Waals surface area contributed by atoms with E-state index in [9.17, 15) is 4.79 Å². The van der Waals surface area contributed by atoms with Crippen molar-refractivity contribution in [1.82, 2.24) is 10.2 Å². The largest absolute Gasteiger partial charge is 0.444 e. The van der Waals surface area contributed by atoms with Crippen molar-refractivity contribution in [3.63, 3.8) is 0 Å². The number of rotatable bonds is 5. The van der Waals surface area contributed by atoms with Crippen LogP contribution in [0.15, 0.2) is 0 Å². The Morgan fingerprint density at radius 1 is 1.42 bits per heavy atom. The lowest BCUT2D eigenvalue weighted by molar-refractivity contribution is 0.0187. The van der Waals surface area contributed by atoms with Gasteiger partial charge in [0.15, 0.2) is 0 Å². The molecule has 1 amide bonds. The molecule has 0 aliphatic carbocycles. The molecule has 1 fully saturated rings. The topological polar surface area (TPSA) is 50.8 Å². The van der Waals surface area contributed by atoms with Gasteiger partial charge in [-0.15, -0.1) is 0 Å². The van der Waals surface area contributed by atoms with E-state index < -0.39 is 5.60 Å². The van der Waals surface area contributed by atoms with E-state index in [1.54, 1.807) is 7.11 Å². The fourth-order valence-corrected chi connectivity index (χ4v) is 2.16. The maximum atomic E-state index is 12.0. The summed E-state index contributed by atoms with van der Waals surface area (Å²) in [6, 6.07) is 0.373. The van der Waals surface area contributed by atoms with E-state index in [0.717, 1.165) is 45.5 Å². The van der Waals surface area contributed by atoms with Gasteiger partial charge in [0.1, 0.15) is 5.60 Å². The standard InChI is InChI=1S/C14H28N2O3/c1-14(2,3)19-13(17)16-9-5-7-12(11-16)15-8-6-10-18-4/h12,15H,5-11H2,1-4H3/t12-/m1/s1. The van der Waals surface area contributed by atoms with Crippen LogP contribution in [0.5, 0.6) is 0 Å². The predicted octanol–water partition coefficient (Wildman–Crippen LogP) is 2.01. The van der Waals surface area contributed by atoms with Gasteiger partial charge in [-0.25, -0.2) is 4.79 Å². The fraction of sp³-hybridized carbons (Fsp3) is 0.929. The van der Waals surface area contributed by atoms with Crippen molar-refractivity contribution >= 4 is 6.09 Å². The fourth-order valence-electron chi connectivity index (χ4n) is 2.16. The molecule has 1 aliphatic heterocycles. The molecule has 0 aromatic carbocycles. The molecular formula is C14H28N2O3. The summed E-state index contributed by atoms with van der Waals surface area (Å²) in [5, 5.41) is 3.47. The number of carbonyl (C=O) groups is 1. The maximum absolute atomic E-state index is 12.0. The van der Waals surface area contributed by atoms with E-state index in [2.05, 4.69) is 5.32 Å². The molecule has 0 aromatic rings. The minimum absolute atomic E-state index is 0.198. The van der Waals surface area contributed by atoms with Crippen LogP contribution in [-0.4, -0.2) is 56.0 Å². The van der Waals surface area contributed by atoms with Gasteiger partial charge in [0, 0.05) is 32.8 Å². The number of carbonyl (C=O) groups excluding carboxylic acids is 1. The second kappa shape index (κ2) is 7.70. The van der Waals surface area contributed by atoms with Crippen molar-refractivity contribution < 1.29 is 14.3 Å². The minimum atomic E-state index is -0.421. The Bertz CT molecular complexity index is 276. The van der Waals surface area contributed by atoms with E-state index in [1.807, 2.05) is 25.7 Å². The number of likely N-dealkylation sites (tertiary alicyclic amines) is 1. The molecule has 1 saturated heterocycles. The highest BCUT2D eigenvalue weighted by Gasteiger charge is 2.27. The summed E-state index contributed by atoms with van der Waals surface area (Å²) in [5.41, 5.74) is -0.421. The molecule has 1 rings (SSSR count). The molecule has 0 bridgehead atoms. The van der Waals surface area contributed by atoms with Crippen molar-refractivity contribution in [2.45, 2.75) is 51.7 Å². The summed E-state index contributed by atoms with van der Waals surface area (Å²) in [5.74, 6) is 0. The summed E-state index contributed by atoms with van der Waals surface area (Å²) in [6.45, 7) is 8.93. The monoisotopic (exact) mass is 272 g/mol. The molecule has 1 N–H and O–H groups in total. The zero-order valence-electron chi connectivity index (χ0n) is 12.7. The molecule has 19 heavy (non-hydrogen) atoms. The number of amides is 1. The third-order valence-corrected chi connectivity index (χ3v) is 3.03. The van der Waals surface area contributed by atoms with Gasteiger partial charge >= 0.3 is 6.09 Å². The first kappa shape index (κ1) is 16.2. The zero-order valence-corrected chi connectivity index (χ0v) is 12.7. The lowest BCUT2D eigenvalue weighted by Crippen LogP contribution is -2.49. The molecule has 112 valence electrons. The predicted molar refractivity (Wildman–Crippen MR) is 75.3 cm³/mol. The normalized spacial score (nSPS) is 20.4. The third-order valence-electron chi connectivity index (χ3n) is 3.03. The highest BCUT2D eigenvalue weighted by atomic mass is 16.6. The van der Waals surface area contributed by atoms with Gasteiger partial charge in [-0.05, 0) is 46.6 Å². The van der Waals surface area contributed by atoms with Crippen LogP contribution in [0.25, 0.3) is 0 Å². The minimum Gasteiger partial charge on any atom is -0.444 e. The average molecular weight is 272 g/mol. The number of nitrogens with zero attached hydrogens (tertiary/aromatic N) is 1. The van der Waals surface area contributed by atoms with Crippen molar-refractivity contribution in [2.75, 3.05) is 33.4 Å². The van der Waals surface area contributed by atoms with Crippen molar-refractivity contribution in [3.8, 4) is 0 Å². The molecule has 0 radical (unpaired) electrons. The van der Waals surface area contributed by atoms with Gasteiger partial charge in [-0.1, -0.05) is 0 Å². The quantitative estimate of drug-likeness (QED) is 0.778. The second-order valence-corrected chi connectivity index (χ2v) is 6.07. The van der Waals surface area contributed by atoms with Crippen molar-refractivity contribution in [1.29, 1.82) is 0 Å². The lowest BCUT2D eigenvalue weighted by Gasteiger charge is -2.34. The molecular weight excluding hydrogens is 244 g/mol. The summed E-state index contributed by atoms with van der Waals surface area (Å²) >= 11 is 0. The van der Waals surface area contributed by atoms with E-state index in [1.165, 1.54) is 0 Å². The molecule has 0 aromatic heterocycles. The zero-order chi connectivity index (χ0) is 14.3. The number of methoxy groups -OCH3 is 1. The maximum Gasteiger partial charge on any atom is 0.410 e. The molecule has 5 nitrogen and oxygen atoms in total. The van der Waals surface area contributed by atoms with Crippen LogP contribution in [0.3, 0.4) is 0 Å². The van der Waals surface area contributed by atoms with Crippen LogP contribution in [0.2, 0.25) is 0 Å². The van der Waals surface area contributed by atoms with Crippen molar-refractivity contribution in [3.05, 3.63) is 0 Å². The summed E-state index contributed by atoms with van der Waals surface area (Å²) in [7, 11) is 1.71. The van der Waals surface area contributed by atoms with E-state index in [0.29, 0.717) is 6.04 Å². The Morgan fingerprint density at radius 3 is 2.79 bits per heavy atom. The second-order valence-electron chi connectivity index (χ2n) is 6.07. The smallest absolute Gasteiger partial charge is 0.410 e. The van der Waals surface area contributed by atoms with Crippen LogP contribution >= 0.6 is 0 Å². The Morgan fingerprint density at radius 2 is 2.16 bits per heavy atom. The molecule has 0 unspecified atom stereocenters. The summed E-state index contributed by atoms with van der Waals surface area (Å²) in [6.07, 6.45) is 2.95. The van der Waals surface area contributed by atoms with Gasteiger partial charge in [0.25, 0.3) is 0 Å². The number of piperidine rings is 1. The summed E-state index contributed by atoms with van der Waals surface area (Å²) < 4.78 is 10.4. The Balaban J connectivity index is 2.31. The molecule has 1 heterocycles. The van der Waals surface area contributed by atoms with E-state index >= 15 is 0 Å². The van der Waals surface area contributed by atoms with Crippen molar-refractivity contribution in [2.24, 2.45) is 0 Å². The number of ether oxygens (including phenoxy) is 2. The first-order valence-corrected chi connectivity index (χ1v) is 7.12. The third kappa shape index (κ3) is 6.78. The number of hydrogen-bond acceptors (Lipinski definition) is 4. The van der Waals surface area contributed by atoms with Gasteiger partial charge in [-0.3, -0.25) is 0 Å². The van der Waals surface area contributed by atoms with Gasteiger partial charge in [0.05, 0.1) is 0 Å². The van der Waals surface area contributed by atoms with E-state index in [-0.39, 0.29) is 6.09 Å². The Hall–Kier alpha value is -0.810. The highest BCUT2D eigenvalue weighted by molar-refractivity contribution is 5.68.